The van der Waals surface area contributed by atoms with E-state index in [2.05, 4.69) is 37.2 Å². The molecule has 15 heavy (non-hydrogen) atoms. The van der Waals surface area contributed by atoms with Crippen LogP contribution >= 0.6 is 43.2 Å². The minimum Gasteiger partial charge on any atom is -0.390 e. The van der Waals surface area contributed by atoms with Crippen molar-refractivity contribution in [2.45, 2.75) is 12.5 Å². The van der Waals surface area contributed by atoms with Gasteiger partial charge in [0.1, 0.15) is 6.61 Å². The van der Waals surface area contributed by atoms with E-state index in [1.54, 1.807) is 0 Å². The van der Waals surface area contributed by atoms with Crippen LogP contribution in [0.5, 0.6) is 0 Å². The first-order valence-electron chi connectivity index (χ1n) is 4.08. The molecule has 0 bridgehead atoms. The standard InChI is InChI=1S/C8H9Br2F2NOS/c9-6-1-5(15-7(6)10)2-13-3-8(11,12)4-14/h1,13-14H,2-4H2. The SMILES string of the molecule is OCC(F)(F)CNCc1cc(Br)c(Br)s1. The van der Waals surface area contributed by atoms with Gasteiger partial charge in [-0.05, 0) is 37.9 Å². The van der Waals surface area contributed by atoms with Crippen LogP contribution in [0.2, 0.25) is 0 Å². The van der Waals surface area contributed by atoms with E-state index in [-0.39, 0.29) is 0 Å². The van der Waals surface area contributed by atoms with Gasteiger partial charge < -0.3 is 10.4 Å². The number of hydrogen-bond donors (Lipinski definition) is 2. The summed E-state index contributed by atoms with van der Waals surface area (Å²) in [7, 11) is 0. The molecule has 7 heteroatoms. The van der Waals surface area contributed by atoms with Crippen LogP contribution in [0.4, 0.5) is 8.78 Å². The zero-order valence-electron chi connectivity index (χ0n) is 7.57. The first kappa shape index (κ1) is 13.5. The quantitative estimate of drug-likeness (QED) is 0.841. The Kier molecular flexibility index (Phi) is 5.11. The molecule has 1 rings (SSSR count). The number of hydrogen-bond acceptors (Lipinski definition) is 3. The highest BCUT2D eigenvalue weighted by atomic mass is 79.9. The number of rotatable bonds is 5. The Morgan fingerprint density at radius 2 is 2.13 bits per heavy atom. The van der Waals surface area contributed by atoms with Crippen molar-refractivity contribution in [1.82, 2.24) is 5.32 Å². The van der Waals surface area contributed by atoms with Crippen LogP contribution in [-0.2, 0) is 6.54 Å². The van der Waals surface area contributed by atoms with Crippen LogP contribution < -0.4 is 5.32 Å². The topological polar surface area (TPSA) is 32.3 Å². The molecule has 0 amide bonds. The molecule has 1 aromatic rings. The van der Waals surface area contributed by atoms with Crippen molar-refractivity contribution in [2.24, 2.45) is 0 Å². The van der Waals surface area contributed by atoms with Crippen LogP contribution in [0.3, 0.4) is 0 Å². The molecule has 0 aliphatic carbocycles. The molecule has 0 fully saturated rings. The zero-order valence-corrected chi connectivity index (χ0v) is 11.6. The second kappa shape index (κ2) is 5.67. The summed E-state index contributed by atoms with van der Waals surface area (Å²) in [5.74, 6) is -3.05. The smallest absolute Gasteiger partial charge is 0.282 e. The summed E-state index contributed by atoms with van der Waals surface area (Å²) in [6.45, 7) is -1.28. The normalized spacial score (nSPS) is 12.1. The first-order chi connectivity index (χ1) is 6.94. The Bertz CT molecular complexity index is 313. The van der Waals surface area contributed by atoms with Gasteiger partial charge >= 0.3 is 0 Å². The van der Waals surface area contributed by atoms with Gasteiger partial charge in [0, 0.05) is 15.9 Å². The van der Waals surface area contributed by atoms with Crippen molar-refractivity contribution in [2.75, 3.05) is 13.2 Å². The molecule has 2 N–H and O–H groups in total. The number of aliphatic hydroxyl groups is 1. The van der Waals surface area contributed by atoms with Gasteiger partial charge in [0.15, 0.2) is 0 Å². The highest BCUT2D eigenvalue weighted by molar-refractivity contribution is 9.13. The van der Waals surface area contributed by atoms with Crippen molar-refractivity contribution in [1.29, 1.82) is 0 Å². The number of thiophene rings is 1. The Morgan fingerprint density at radius 3 is 2.60 bits per heavy atom. The molecule has 0 spiro atoms. The maximum Gasteiger partial charge on any atom is 0.282 e. The lowest BCUT2D eigenvalue weighted by Gasteiger charge is -2.13. The largest absolute Gasteiger partial charge is 0.390 e. The molecular weight excluding hydrogens is 356 g/mol. The first-order valence-corrected chi connectivity index (χ1v) is 6.48. The Labute approximate surface area is 107 Å². The average Bonchev–Trinajstić information content (AvgIpc) is 2.46. The number of halogens is 4. The lowest BCUT2D eigenvalue weighted by molar-refractivity contribution is -0.0477. The maximum absolute atomic E-state index is 12.6. The van der Waals surface area contributed by atoms with Crippen LogP contribution in [0.25, 0.3) is 0 Å². The summed E-state index contributed by atoms with van der Waals surface area (Å²) in [6.07, 6.45) is 0. The minimum absolute atomic E-state index is 0.366. The van der Waals surface area contributed by atoms with E-state index in [0.717, 1.165) is 13.1 Å². The molecule has 0 radical (unpaired) electrons. The molecular formula is C8H9Br2F2NOS. The molecule has 0 aliphatic rings. The van der Waals surface area contributed by atoms with Crippen LogP contribution in [-0.4, -0.2) is 24.2 Å². The monoisotopic (exact) mass is 363 g/mol. The number of alkyl halides is 2. The third-order valence-electron chi connectivity index (χ3n) is 1.61. The van der Waals surface area contributed by atoms with E-state index in [1.165, 1.54) is 11.3 Å². The van der Waals surface area contributed by atoms with Crippen molar-refractivity contribution < 1.29 is 13.9 Å². The third kappa shape index (κ3) is 4.44. The highest BCUT2D eigenvalue weighted by Crippen LogP contribution is 2.32. The van der Waals surface area contributed by atoms with E-state index in [9.17, 15) is 8.78 Å². The van der Waals surface area contributed by atoms with Gasteiger partial charge in [0.2, 0.25) is 0 Å². The van der Waals surface area contributed by atoms with Gasteiger partial charge in [-0.1, -0.05) is 0 Å². The fourth-order valence-electron chi connectivity index (χ4n) is 0.903. The van der Waals surface area contributed by atoms with Gasteiger partial charge in [-0.2, -0.15) is 0 Å². The molecule has 0 atom stereocenters. The highest BCUT2D eigenvalue weighted by Gasteiger charge is 2.26. The Hall–Kier alpha value is 0.440. The predicted octanol–water partition coefficient (Wildman–Crippen LogP) is 2.99. The second-order valence-electron chi connectivity index (χ2n) is 2.95. The fourth-order valence-corrected chi connectivity index (χ4v) is 3.05. The van der Waals surface area contributed by atoms with E-state index in [1.807, 2.05) is 6.07 Å². The molecule has 2 nitrogen and oxygen atoms in total. The van der Waals surface area contributed by atoms with Crippen molar-refractivity contribution in [3.8, 4) is 0 Å². The predicted molar refractivity (Wildman–Crippen MR) is 63.5 cm³/mol. The molecule has 1 aromatic heterocycles. The molecule has 0 aromatic carbocycles. The molecule has 0 saturated heterocycles. The summed E-state index contributed by atoms with van der Waals surface area (Å²) in [5, 5.41) is 10.9. The number of nitrogens with one attached hydrogen (secondary N) is 1. The maximum atomic E-state index is 12.6. The van der Waals surface area contributed by atoms with Crippen molar-refractivity contribution >= 4 is 43.2 Å². The van der Waals surface area contributed by atoms with Crippen molar-refractivity contribution in [3.63, 3.8) is 0 Å². The summed E-state index contributed by atoms with van der Waals surface area (Å²) in [5.41, 5.74) is 0. The molecule has 0 unspecified atom stereocenters. The minimum atomic E-state index is -3.05. The average molecular weight is 365 g/mol. The van der Waals surface area contributed by atoms with Crippen LogP contribution in [0.1, 0.15) is 4.88 Å². The van der Waals surface area contributed by atoms with Gasteiger partial charge in [-0.3, -0.25) is 0 Å². The summed E-state index contributed by atoms with van der Waals surface area (Å²) in [6, 6.07) is 1.86. The van der Waals surface area contributed by atoms with E-state index in [4.69, 9.17) is 5.11 Å². The molecule has 0 aliphatic heterocycles. The van der Waals surface area contributed by atoms with E-state index >= 15 is 0 Å². The van der Waals surface area contributed by atoms with Gasteiger partial charge in [-0.15, -0.1) is 11.3 Å². The van der Waals surface area contributed by atoms with Gasteiger partial charge in [-0.25, -0.2) is 8.78 Å². The molecule has 1 heterocycles. The summed E-state index contributed by atoms with van der Waals surface area (Å²) in [4.78, 5) is 0.947. The van der Waals surface area contributed by atoms with E-state index in [0.29, 0.717) is 6.54 Å². The Balaban J connectivity index is 2.38. The number of aliphatic hydroxyl groups excluding tert-OH is 1. The van der Waals surface area contributed by atoms with Crippen LogP contribution in [0.15, 0.2) is 14.3 Å². The van der Waals surface area contributed by atoms with Crippen LogP contribution in [0, 0.1) is 0 Å². The lowest BCUT2D eigenvalue weighted by Crippen LogP contribution is -2.35. The lowest BCUT2D eigenvalue weighted by atomic mass is 10.3. The molecule has 0 saturated carbocycles. The fraction of sp³-hybridized carbons (Fsp3) is 0.500. The third-order valence-corrected chi connectivity index (χ3v) is 4.87. The Morgan fingerprint density at radius 1 is 1.47 bits per heavy atom. The van der Waals surface area contributed by atoms with Gasteiger partial charge in [0.05, 0.1) is 10.3 Å². The zero-order chi connectivity index (χ0) is 11.5. The summed E-state index contributed by atoms with van der Waals surface area (Å²) >= 11 is 8.10. The summed E-state index contributed by atoms with van der Waals surface area (Å²) < 4.78 is 27.1. The van der Waals surface area contributed by atoms with E-state index < -0.39 is 19.1 Å². The molecule has 86 valence electrons. The second-order valence-corrected chi connectivity index (χ2v) is 6.26. The van der Waals surface area contributed by atoms with Crippen molar-refractivity contribution in [3.05, 3.63) is 19.2 Å². The van der Waals surface area contributed by atoms with Gasteiger partial charge in [0.25, 0.3) is 5.92 Å².